The van der Waals surface area contributed by atoms with Crippen molar-refractivity contribution >= 4 is 52.5 Å². The molecule has 2 aliphatic heterocycles. The van der Waals surface area contributed by atoms with E-state index in [2.05, 4.69) is 24.9 Å². The van der Waals surface area contributed by atoms with Crippen LogP contribution in [0.3, 0.4) is 0 Å². The predicted molar refractivity (Wildman–Crippen MR) is 153 cm³/mol. The van der Waals surface area contributed by atoms with Crippen molar-refractivity contribution in [2.24, 2.45) is 0 Å². The van der Waals surface area contributed by atoms with Crippen LogP contribution in [0, 0.1) is 0 Å². The lowest BCUT2D eigenvalue weighted by atomic mass is 9.98. The zero-order chi connectivity index (χ0) is 31.6. The number of fused-ring (bicyclic) bond motifs is 2. The third kappa shape index (κ3) is 5.15. The highest BCUT2D eigenvalue weighted by Gasteiger charge is 2.55. The second-order valence-corrected chi connectivity index (χ2v) is 13.3. The molecule has 1 unspecified atom stereocenters. The van der Waals surface area contributed by atoms with Gasteiger partial charge in [-0.15, -0.1) is 0 Å². The first-order valence-electron chi connectivity index (χ1n) is 13.1. The molecule has 4 aromatic rings. The van der Waals surface area contributed by atoms with E-state index in [-0.39, 0.29) is 22.9 Å². The maximum Gasteiger partial charge on any atom is 0.325 e. The fourth-order valence-corrected chi connectivity index (χ4v) is 6.86. The molecule has 44 heavy (non-hydrogen) atoms. The first-order valence-corrected chi connectivity index (χ1v) is 15.7. The fraction of sp³-hybridized carbons (Fsp3) is 0.522. The van der Waals surface area contributed by atoms with Gasteiger partial charge in [0.2, 0.25) is 5.95 Å². The van der Waals surface area contributed by atoms with Crippen LogP contribution in [-0.2, 0) is 35.1 Å². The number of nitrogens with one attached hydrogen (secondary N) is 1. The molecule has 2 fully saturated rings. The van der Waals surface area contributed by atoms with Gasteiger partial charge in [-0.3, -0.25) is 18.9 Å². The van der Waals surface area contributed by atoms with Crippen molar-refractivity contribution in [2.75, 3.05) is 31.8 Å². The summed E-state index contributed by atoms with van der Waals surface area (Å²) in [6.07, 6.45) is -5.43. The minimum Gasteiger partial charge on any atom is -0.394 e. The zero-order valence-corrected chi connectivity index (χ0v) is 24.8. The van der Waals surface area contributed by atoms with Gasteiger partial charge in [0.05, 0.1) is 24.9 Å². The largest absolute Gasteiger partial charge is 0.394 e. The Morgan fingerprint density at radius 3 is 2.73 bits per heavy atom. The topological polar surface area (TPSA) is 253 Å². The van der Waals surface area contributed by atoms with Gasteiger partial charge in [0.15, 0.2) is 29.8 Å². The van der Waals surface area contributed by atoms with Gasteiger partial charge < -0.3 is 49.9 Å². The summed E-state index contributed by atoms with van der Waals surface area (Å²) in [7, 11) is 1.39. The monoisotopic (exact) mass is 657 g/mol. The molecule has 0 saturated carbocycles. The number of nitrogens with two attached hydrogens (primary N) is 2. The van der Waals surface area contributed by atoms with Crippen molar-refractivity contribution < 1.29 is 42.8 Å². The van der Waals surface area contributed by atoms with Crippen LogP contribution >= 0.6 is 6.72 Å². The van der Waals surface area contributed by atoms with Gasteiger partial charge >= 0.3 is 6.72 Å². The Bertz CT molecular complexity index is 1810. The number of ether oxygens (including phenoxy) is 3. The number of imidazole rings is 1. The molecule has 0 aromatic carbocycles. The molecule has 0 bridgehead atoms. The molecule has 8 N–H and O–H groups in total. The van der Waals surface area contributed by atoms with Crippen molar-refractivity contribution in [1.29, 1.82) is 0 Å². The van der Waals surface area contributed by atoms with Crippen LogP contribution < -0.4 is 17.0 Å². The van der Waals surface area contributed by atoms with Crippen molar-refractivity contribution in [3.63, 3.8) is 0 Å². The summed E-state index contributed by atoms with van der Waals surface area (Å²) in [5.74, 6) is 0.0229. The van der Waals surface area contributed by atoms with Gasteiger partial charge in [-0.25, -0.2) is 19.3 Å². The smallest absolute Gasteiger partial charge is 0.325 e. The molecule has 2 saturated heterocycles. The van der Waals surface area contributed by atoms with Gasteiger partial charge in [0.25, 0.3) is 5.56 Å². The van der Waals surface area contributed by atoms with Crippen LogP contribution in [0.25, 0.3) is 22.2 Å². The summed E-state index contributed by atoms with van der Waals surface area (Å²) >= 11 is 5.21. The number of methoxy groups -OCH3 is 1. The number of H-pyrrole nitrogens is 1. The third-order valence-electron chi connectivity index (χ3n) is 7.63. The Kier molecular flexibility index (Phi) is 7.94. The van der Waals surface area contributed by atoms with E-state index in [9.17, 15) is 19.9 Å². The lowest BCUT2D eigenvalue weighted by molar-refractivity contribution is -0.114. The molecule has 6 rings (SSSR count). The van der Waals surface area contributed by atoms with E-state index in [4.69, 9.17) is 46.5 Å². The first-order chi connectivity index (χ1) is 20.9. The minimum atomic E-state index is -4.30. The Morgan fingerprint density at radius 2 is 2.00 bits per heavy atom. The molecule has 238 valence electrons. The molecule has 0 spiro atoms. The Hall–Kier alpha value is -3.17. The first kappa shape index (κ1) is 30.8. The number of aliphatic hydroxyl groups excluding tert-OH is 2. The molecule has 0 aliphatic carbocycles. The second kappa shape index (κ2) is 11.3. The number of nitrogen functional groups attached to an aromatic ring is 2. The standard InChI is InChI=1S/C23H29FN9O9PS/c1-23(15(35)14(38-2)21(41-23)32-4-3-9-16(25)27-7-28-17(9)32)6-39-43(37,44)42-13-11(24)10(5-34)40-20(13)33-8-29-12-18(33)30-22(26)31-19(12)36/h3-4,7-8,10-11,13-15,20-21,34-35H,5-6H2,1-2H3,(H,37,44)(H2,25,27,28)(H3,26,30,31,36)/t10-,11+,13-,14-,15+,20-,21+,23-,43?/m1/s1. The van der Waals surface area contributed by atoms with Gasteiger partial charge in [-0.05, 0) is 24.8 Å². The van der Waals surface area contributed by atoms with Crippen molar-refractivity contribution in [3.05, 3.63) is 35.3 Å². The van der Waals surface area contributed by atoms with E-state index in [0.717, 1.165) is 6.33 Å². The van der Waals surface area contributed by atoms with Gasteiger partial charge in [0, 0.05) is 13.3 Å². The molecule has 0 radical (unpaired) electrons. The molecule has 21 heteroatoms. The van der Waals surface area contributed by atoms with Crippen LogP contribution in [0.4, 0.5) is 16.2 Å². The molecule has 4 aromatic heterocycles. The summed E-state index contributed by atoms with van der Waals surface area (Å²) < 4.78 is 46.8. The summed E-state index contributed by atoms with van der Waals surface area (Å²) in [5.41, 5.74) is 9.73. The molecule has 6 heterocycles. The molecule has 18 nitrogen and oxygen atoms in total. The Morgan fingerprint density at radius 1 is 1.23 bits per heavy atom. The fourth-order valence-electron chi connectivity index (χ4n) is 5.39. The van der Waals surface area contributed by atoms with Crippen LogP contribution in [0.15, 0.2) is 29.7 Å². The highest BCUT2D eigenvalue weighted by Crippen LogP contribution is 2.52. The van der Waals surface area contributed by atoms with Gasteiger partial charge in [-0.2, -0.15) is 4.98 Å². The van der Waals surface area contributed by atoms with E-state index in [0.29, 0.717) is 11.0 Å². The van der Waals surface area contributed by atoms with E-state index >= 15 is 4.39 Å². The predicted octanol–water partition coefficient (Wildman–Crippen LogP) is -0.761. The molecule has 9 atom stereocenters. The number of aromatic nitrogens is 7. The molecular formula is C23H29FN9O9PS. The molecule has 2 aliphatic rings. The number of rotatable bonds is 9. The number of nitrogens with zero attached hydrogens (tertiary/aromatic N) is 6. The molecule has 0 amide bonds. The summed E-state index contributed by atoms with van der Waals surface area (Å²) in [4.78, 5) is 41.8. The lowest BCUT2D eigenvalue weighted by Crippen LogP contribution is -2.44. The number of aliphatic hydroxyl groups is 2. The maximum atomic E-state index is 15.5. The van der Waals surface area contributed by atoms with Crippen molar-refractivity contribution in [2.45, 2.75) is 55.6 Å². The van der Waals surface area contributed by atoms with Crippen LogP contribution in [0.1, 0.15) is 19.4 Å². The van der Waals surface area contributed by atoms with Crippen LogP contribution in [-0.4, -0.2) is 106 Å². The number of alkyl halides is 1. The zero-order valence-electron chi connectivity index (χ0n) is 23.1. The third-order valence-corrected chi connectivity index (χ3v) is 9.17. The number of hydrogen-bond acceptors (Lipinski definition) is 15. The Labute approximate surface area is 251 Å². The van der Waals surface area contributed by atoms with Crippen molar-refractivity contribution in [1.82, 2.24) is 34.1 Å². The highest BCUT2D eigenvalue weighted by molar-refractivity contribution is 8.07. The number of halogens is 1. The number of hydrogen-bond donors (Lipinski definition) is 6. The van der Waals surface area contributed by atoms with Gasteiger partial charge in [0.1, 0.15) is 47.8 Å². The quantitative estimate of drug-likeness (QED) is 0.121. The number of anilines is 2. The highest BCUT2D eigenvalue weighted by atomic mass is 32.5. The summed E-state index contributed by atoms with van der Waals surface area (Å²) in [5, 5.41) is 21.5. The van der Waals surface area contributed by atoms with Crippen molar-refractivity contribution in [3.8, 4) is 0 Å². The SMILES string of the molecule is CO[C@H]1[C@@H](n2ccc3c(N)ncnc32)O[C@](C)(COP(O)(=S)O[C@@H]2[C@@H](F)[C@@H](CO)O[C@H]2n2cnc3c(=O)[nH]c(N)nc32)[C@H]1O. The minimum absolute atomic E-state index is 0.0565. The average molecular weight is 658 g/mol. The van der Waals surface area contributed by atoms with Crippen LogP contribution in [0.2, 0.25) is 0 Å². The normalized spacial score (nSPS) is 32.1. The summed E-state index contributed by atoms with van der Waals surface area (Å²) in [6, 6.07) is 1.69. The summed E-state index contributed by atoms with van der Waals surface area (Å²) in [6.45, 7) is -4.03. The molecular weight excluding hydrogens is 628 g/mol. The van der Waals surface area contributed by atoms with Gasteiger partial charge in [-0.1, -0.05) is 0 Å². The lowest BCUT2D eigenvalue weighted by Gasteiger charge is -2.31. The average Bonchev–Trinajstić information content (AvgIpc) is 3.72. The van der Waals surface area contributed by atoms with Crippen LogP contribution in [0.5, 0.6) is 0 Å². The number of aromatic amines is 1. The van der Waals surface area contributed by atoms with E-state index in [1.807, 2.05) is 0 Å². The van der Waals surface area contributed by atoms with E-state index in [1.165, 1.54) is 24.9 Å². The maximum absolute atomic E-state index is 15.5. The van der Waals surface area contributed by atoms with E-state index < -0.39 is 74.1 Å². The van der Waals surface area contributed by atoms with E-state index in [1.54, 1.807) is 16.8 Å². The second-order valence-electron chi connectivity index (χ2n) is 10.5. The Balaban J connectivity index is 1.23.